The van der Waals surface area contributed by atoms with Gasteiger partial charge in [-0.2, -0.15) is 0 Å². The lowest BCUT2D eigenvalue weighted by Crippen LogP contribution is -2.45. The molecule has 1 saturated heterocycles. The molecule has 6 nitrogen and oxygen atoms in total. The topological polar surface area (TPSA) is 73.0 Å². The van der Waals surface area contributed by atoms with Crippen molar-refractivity contribution in [1.82, 2.24) is 15.5 Å². The summed E-state index contributed by atoms with van der Waals surface area (Å²) in [6, 6.07) is 4.23. The Kier molecular flexibility index (Phi) is 9.23. The van der Waals surface area contributed by atoms with Crippen molar-refractivity contribution < 1.29 is 9.52 Å². The number of nitrogens with one attached hydrogen (secondary N) is 2. The second kappa shape index (κ2) is 10.4. The molecule has 2 unspecified atom stereocenters. The van der Waals surface area contributed by atoms with E-state index in [1.165, 1.54) is 19.4 Å². The van der Waals surface area contributed by atoms with E-state index in [9.17, 15) is 5.11 Å². The van der Waals surface area contributed by atoms with Gasteiger partial charge in [-0.05, 0) is 58.8 Å². The highest BCUT2D eigenvalue weighted by molar-refractivity contribution is 14.0. The lowest BCUT2D eigenvalue weighted by molar-refractivity contribution is 0.0428. The largest absolute Gasteiger partial charge is 0.463 e. The first-order chi connectivity index (χ1) is 11.5. The summed E-state index contributed by atoms with van der Waals surface area (Å²) in [7, 11) is 0. The van der Waals surface area contributed by atoms with Crippen molar-refractivity contribution in [2.75, 3.05) is 32.7 Å². The second-order valence-electron chi connectivity index (χ2n) is 6.68. The van der Waals surface area contributed by atoms with E-state index in [1.54, 1.807) is 6.92 Å². The molecular weight excluding hydrogens is 431 g/mol. The van der Waals surface area contributed by atoms with Crippen molar-refractivity contribution >= 4 is 29.9 Å². The molecule has 1 aliphatic rings. The van der Waals surface area contributed by atoms with Crippen LogP contribution in [-0.2, 0) is 5.60 Å². The van der Waals surface area contributed by atoms with Gasteiger partial charge < -0.3 is 20.2 Å². The van der Waals surface area contributed by atoms with E-state index in [0.717, 1.165) is 31.4 Å². The molecule has 1 aromatic rings. The number of aliphatic hydroxyl groups is 1. The van der Waals surface area contributed by atoms with Crippen molar-refractivity contribution in [1.29, 1.82) is 0 Å². The number of aryl methyl sites for hydroxylation is 1. The van der Waals surface area contributed by atoms with Gasteiger partial charge in [-0.15, -0.1) is 24.0 Å². The monoisotopic (exact) mass is 464 g/mol. The number of guanidine groups is 1. The van der Waals surface area contributed by atoms with Gasteiger partial charge in [0.2, 0.25) is 0 Å². The van der Waals surface area contributed by atoms with Crippen molar-refractivity contribution in [2.24, 2.45) is 4.99 Å². The van der Waals surface area contributed by atoms with Crippen molar-refractivity contribution in [3.63, 3.8) is 0 Å². The molecule has 3 N–H and O–H groups in total. The van der Waals surface area contributed by atoms with Crippen LogP contribution in [-0.4, -0.2) is 54.7 Å². The third-order valence-electron chi connectivity index (χ3n) is 4.57. The fourth-order valence-corrected chi connectivity index (χ4v) is 3.13. The van der Waals surface area contributed by atoms with E-state index < -0.39 is 5.60 Å². The molecule has 2 heterocycles. The fourth-order valence-electron chi connectivity index (χ4n) is 3.13. The number of hydrogen-bond acceptors (Lipinski definition) is 4. The van der Waals surface area contributed by atoms with Crippen LogP contribution in [0.2, 0.25) is 0 Å². The number of likely N-dealkylation sites (tertiary alicyclic amines) is 1. The highest BCUT2D eigenvalue weighted by Gasteiger charge is 2.27. The first-order valence-electron chi connectivity index (χ1n) is 9.01. The number of hydrogen-bond donors (Lipinski definition) is 3. The maximum atomic E-state index is 10.6. The predicted octanol–water partition coefficient (Wildman–Crippen LogP) is 2.45. The summed E-state index contributed by atoms with van der Waals surface area (Å²) in [5.41, 5.74) is -1.11. The highest BCUT2D eigenvalue weighted by Crippen LogP contribution is 2.23. The minimum Gasteiger partial charge on any atom is -0.463 e. The van der Waals surface area contributed by atoms with Crippen LogP contribution >= 0.6 is 24.0 Å². The summed E-state index contributed by atoms with van der Waals surface area (Å²) in [5.74, 6) is 2.08. The zero-order valence-electron chi connectivity index (χ0n) is 15.8. The highest BCUT2D eigenvalue weighted by atomic mass is 127. The molecule has 25 heavy (non-hydrogen) atoms. The standard InChI is InChI=1S/C18H32N4O2.HI/c1-5-19-17(20-12-15-8-7-11-22(15)6-2)21-13-18(4,23)16-10-9-14(3)24-16;/h9-10,15,23H,5-8,11-13H2,1-4H3,(H2,19,20,21);1H. The van der Waals surface area contributed by atoms with Crippen LogP contribution in [0.4, 0.5) is 0 Å². The van der Waals surface area contributed by atoms with Crippen molar-refractivity contribution in [2.45, 2.75) is 52.2 Å². The molecule has 2 atom stereocenters. The Morgan fingerprint density at radius 3 is 2.76 bits per heavy atom. The van der Waals surface area contributed by atoms with Gasteiger partial charge in [0.15, 0.2) is 5.96 Å². The molecule has 0 bridgehead atoms. The third kappa shape index (κ3) is 6.45. The molecule has 0 amide bonds. The number of furan rings is 1. The second-order valence-corrected chi connectivity index (χ2v) is 6.68. The summed E-state index contributed by atoms with van der Waals surface area (Å²) in [5, 5.41) is 17.3. The van der Waals surface area contributed by atoms with E-state index in [4.69, 9.17) is 4.42 Å². The molecule has 1 fully saturated rings. The average Bonchev–Trinajstić information content (AvgIpc) is 3.18. The summed E-state index contributed by atoms with van der Waals surface area (Å²) >= 11 is 0. The third-order valence-corrected chi connectivity index (χ3v) is 4.57. The summed E-state index contributed by atoms with van der Waals surface area (Å²) in [6.07, 6.45) is 2.49. The number of nitrogens with zero attached hydrogens (tertiary/aromatic N) is 2. The van der Waals surface area contributed by atoms with E-state index in [-0.39, 0.29) is 30.5 Å². The smallest absolute Gasteiger partial charge is 0.191 e. The SMILES string of the molecule is CCNC(=NCC(C)(O)c1ccc(C)o1)NCC1CCCN1CC.I. The molecule has 0 radical (unpaired) electrons. The van der Waals surface area contributed by atoms with E-state index in [0.29, 0.717) is 11.8 Å². The minimum atomic E-state index is -1.11. The molecule has 144 valence electrons. The molecule has 0 aromatic carbocycles. The van der Waals surface area contributed by atoms with Gasteiger partial charge >= 0.3 is 0 Å². The van der Waals surface area contributed by atoms with Gasteiger partial charge in [0.1, 0.15) is 17.1 Å². The maximum Gasteiger partial charge on any atom is 0.191 e. The van der Waals surface area contributed by atoms with Gasteiger partial charge in [0, 0.05) is 19.1 Å². The van der Waals surface area contributed by atoms with Crippen LogP contribution in [0.1, 0.15) is 45.1 Å². The van der Waals surface area contributed by atoms with Crippen molar-refractivity contribution in [3.8, 4) is 0 Å². The quantitative estimate of drug-likeness (QED) is 0.329. The zero-order valence-corrected chi connectivity index (χ0v) is 18.2. The van der Waals surface area contributed by atoms with Crippen LogP contribution in [0.25, 0.3) is 0 Å². The minimum absolute atomic E-state index is 0. The summed E-state index contributed by atoms with van der Waals surface area (Å²) in [4.78, 5) is 7.05. The van der Waals surface area contributed by atoms with E-state index in [2.05, 4.69) is 27.4 Å². The Labute approximate surface area is 168 Å². The predicted molar refractivity (Wildman–Crippen MR) is 113 cm³/mol. The lowest BCUT2D eigenvalue weighted by atomic mass is 10.0. The Morgan fingerprint density at radius 2 is 2.16 bits per heavy atom. The van der Waals surface area contributed by atoms with Gasteiger partial charge in [0.05, 0.1) is 6.54 Å². The average molecular weight is 464 g/mol. The van der Waals surface area contributed by atoms with Crippen LogP contribution in [0.5, 0.6) is 0 Å². The first kappa shape index (κ1) is 22.2. The van der Waals surface area contributed by atoms with Gasteiger partial charge in [0.25, 0.3) is 0 Å². The normalized spacial score (nSPS) is 20.8. The molecule has 2 rings (SSSR count). The van der Waals surface area contributed by atoms with E-state index in [1.807, 2.05) is 26.0 Å². The van der Waals surface area contributed by atoms with Crippen LogP contribution in [0.3, 0.4) is 0 Å². The van der Waals surface area contributed by atoms with Crippen LogP contribution in [0.15, 0.2) is 21.5 Å². The van der Waals surface area contributed by atoms with Gasteiger partial charge in [-0.3, -0.25) is 4.90 Å². The van der Waals surface area contributed by atoms with Crippen LogP contribution in [0, 0.1) is 6.92 Å². The molecule has 0 spiro atoms. The van der Waals surface area contributed by atoms with Gasteiger partial charge in [-0.25, -0.2) is 4.99 Å². The zero-order chi connectivity index (χ0) is 17.6. The van der Waals surface area contributed by atoms with Gasteiger partial charge in [-0.1, -0.05) is 6.92 Å². The Bertz CT molecular complexity index is 545. The Balaban J connectivity index is 0.00000312. The lowest BCUT2D eigenvalue weighted by Gasteiger charge is -2.24. The molecule has 1 aliphatic heterocycles. The van der Waals surface area contributed by atoms with E-state index >= 15 is 0 Å². The Morgan fingerprint density at radius 1 is 1.40 bits per heavy atom. The first-order valence-corrected chi connectivity index (χ1v) is 9.01. The molecule has 0 saturated carbocycles. The fraction of sp³-hybridized carbons (Fsp3) is 0.722. The Hall–Kier alpha value is -0.800. The molecule has 7 heteroatoms. The molecule has 1 aromatic heterocycles. The maximum absolute atomic E-state index is 10.6. The van der Waals surface area contributed by atoms with Crippen LogP contribution < -0.4 is 10.6 Å². The summed E-state index contributed by atoms with van der Waals surface area (Å²) in [6.45, 7) is 12.0. The number of rotatable bonds is 7. The van der Waals surface area contributed by atoms with Crippen molar-refractivity contribution in [3.05, 3.63) is 23.7 Å². The number of likely N-dealkylation sites (N-methyl/N-ethyl adjacent to an activating group) is 1. The molecular formula is C18H33IN4O2. The number of halogens is 1. The number of aliphatic imine (C=N–C) groups is 1. The molecule has 0 aliphatic carbocycles. The summed E-state index contributed by atoms with van der Waals surface area (Å²) < 4.78 is 5.54.